The van der Waals surface area contributed by atoms with Gasteiger partial charge in [-0.05, 0) is 53.7 Å². The third-order valence-corrected chi connectivity index (χ3v) is 7.01. The smallest absolute Gasteiger partial charge is 0.268 e. The SMILES string of the molecule is Cc1nc2cc(F)c(-c3cnc(C(C)(C)O)nc3)cn2c1CN1C(=O)[C@@H](C)Oc2c(Cl)cc(C(=O)NC(C)C)cc21. The summed E-state index contributed by atoms with van der Waals surface area (Å²) in [5.74, 6) is -0.688. The minimum atomic E-state index is -1.24. The third-order valence-electron chi connectivity index (χ3n) is 6.73. The highest BCUT2D eigenvalue weighted by molar-refractivity contribution is 6.33. The molecular weight excluding hydrogens is 551 g/mol. The molecule has 0 saturated carbocycles. The van der Waals surface area contributed by atoms with E-state index in [1.165, 1.54) is 29.4 Å². The number of aliphatic hydroxyl groups is 1. The van der Waals surface area contributed by atoms with Gasteiger partial charge in [-0.1, -0.05) is 11.6 Å². The van der Waals surface area contributed by atoms with Crippen molar-refractivity contribution in [1.29, 1.82) is 0 Å². The van der Waals surface area contributed by atoms with Crippen molar-refractivity contribution in [2.45, 2.75) is 65.8 Å². The van der Waals surface area contributed by atoms with Gasteiger partial charge in [0.25, 0.3) is 11.8 Å². The Labute approximate surface area is 241 Å². The average Bonchev–Trinajstić information content (AvgIpc) is 3.19. The highest BCUT2D eigenvalue weighted by atomic mass is 35.5. The first kappa shape index (κ1) is 28.4. The van der Waals surface area contributed by atoms with E-state index in [2.05, 4.69) is 20.3 Å². The summed E-state index contributed by atoms with van der Waals surface area (Å²) in [7, 11) is 0. The first-order valence-electron chi connectivity index (χ1n) is 13.1. The van der Waals surface area contributed by atoms with Crippen molar-refractivity contribution in [3.05, 3.63) is 70.4 Å². The molecule has 5 rings (SSSR count). The number of nitrogens with one attached hydrogen (secondary N) is 1. The first-order valence-corrected chi connectivity index (χ1v) is 13.5. The largest absolute Gasteiger partial charge is 0.477 e. The van der Waals surface area contributed by atoms with Crippen LogP contribution in [0, 0.1) is 12.7 Å². The lowest BCUT2D eigenvalue weighted by atomic mass is 10.1. The Balaban J connectivity index is 1.59. The number of benzene rings is 1. The van der Waals surface area contributed by atoms with E-state index in [1.807, 2.05) is 13.8 Å². The lowest BCUT2D eigenvalue weighted by molar-refractivity contribution is -0.125. The van der Waals surface area contributed by atoms with Crippen LogP contribution < -0.4 is 15.0 Å². The summed E-state index contributed by atoms with van der Waals surface area (Å²) in [6, 6.07) is 4.30. The van der Waals surface area contributed by atoms with E-state index in [0.717, 1.165) is 0 Å². The van der Waals surface area contributed by atoms with Crippen LogP contribution >= 0.6 is 11.6 Å². The Morgan fingerprint density at radius 3 is 2.56 bits per heavy atom. The number of imidazole rings is 1. The molecule has 0 fully saturated rings. The second kappa shape index (κ2) is 10.4. The van der Waals surface area contributed by atoms with Crippen molar-refractivity contribution >= 4 is 34.7 Å². The fraction of sp³-hybridized carbons (Fsp3) is 0.345. The number of hydrogen-bond donors (Lipinski definition) is 2. The molecule has 0 saturated heterocycles. The van der Waals surface area contributed by atoms with Gasteiger partial charge in [0.2, 0.25) is 0 Å². The summed E-state index contributed by atoms with van der Waals surface area (Å²) >= 11 is 6.53. The van der Waals surface area contributed by atoms with Gasteiger partial charge in [0.05, 0.1) is 28.6 Å². The van der Waals surface area contributed by atoms with Gasteiger partial charge in [-0.2, -0.15) is 0 Å². The Kier molecular flexibility index (Phi) is 7.20. The van der Waals surface area contributed by atoms with Gasteiger partial charge in [0.1, 0.15) is 17.1 Å². The monoisotopic (exact) mass is 580 g/mol. The molecule has 3 aromatic heterocycles. The van der Waals surface area contributed by atoms with E-state index < -0.39 is 17.5 Å². The molecule has 12 heteroatoms. The Morgan fingerprint density at radius 1 is 1.24 bits per heavy atom. The molecule has 1 aliphatic rings. The maximum Gasteiger partial charge on any atom is 0.268 e. The number of nitrogens with zero attached hydrogens (tertiary/aromatic N) is 5. The highest BCUT2D eigenvalue weighted by Crippen LogP contribution is 2.42. The molecule has 0 unspecified atom stereocenters. The zero-order chi connectivity index (χ0) is 29.8. The van der Waals surface area contributed by atoms with Gasteiger partial charge >= 0.3 is 0 Å². The fourth-order valence-corrected chi connectivity index (χ4v) is 4.93. The summed E-state index contributed by atoms with van der Waals surface area (Å²) < 4.78 is 22.7. The van der Waals surface area contributed by atoms with Crippen LogP contribution in [0.5, 0.6) is 5.75 Å². The molecule has 0 spiro atoms. The van der Waals surface area contributed by atoms with Crippen LogP contribution in [0.1, 0.15) is 62.2 Å². The predicted octanol–water partition coefficient (Wildman–Crippen LogP) is 4.57. The van der Waals surface area contributed by atoms with E-state index >= 15 is 4.39 Å². The van der Waals surface area contributed by atoms with Crippen molar-refractivity contribution < 1.29 is 23.8 Å². The van der Waals surface area contributed by atoms with Crippen LogP contribution in [0.4, 0.5) is 10.1 Å². The van der Waals surface area contributed by atoms with Gasteiger partial charge in [0.15, 0.2) is 17.7 Å². The number of halogens is 2. The van der Waals surface area contributed by atoms with Crippen molar-refractivity contribution in [1.82, 2.24) is 24.7 Å². The van der Waals surface area contributed by atoms with Crippen LogP contribution in [-0.2, 0) is 16.9 Å². The third kappa shape index (κ3) is 5.34. The Hall–Kier alpha value is -4.09. The normalized spacial score (nSPS) is 15.3. The molecule has 2 amide bonds. The summed E-state index contributed by atoms with van der Waals surface area (Å²) in [6.45, 7) is 10.3. The number of fused-ring (bicyclic) bond motifs is 2. The summed E-state index contributed by atoms with van der Waals surface area (Å²) in [6.07, 6.45) is 3.65. The first-order chi connectivity index (χ1) is 19.2. The maximum atomic E-state index is 15.2. The van der Waals surface area contributed by atoms with Gasteiger partial charge in [-0.25, -0.2) is 19.3 Å². The number of hydrogen-bond acceptors (Lipinski definition) is 7. The van der Waals surface area contributed by atoms with Gasteiger partial charge in [-0.15, -0.1) is 0 Å². The summed E-state index contributed by atoms with van der Waals surface area (Å²) in [5, 5.41) is 13.2. The second-order valence-electron chi connectivity index (χ2n) is 10.9. The zero-order valence-corrected chi connectivity index (χ0v) is 24.2. The molecule has 41 heavy (non-hydrogen) atoms. The van der Waals surface area contributed by atoms with E-state index in [0.29, 0.717) is 34.0 Å². The van der Waals surface area contributed by atoms with Crippen LogP contribution in [0.2, 0.25) is 5.02 Å². The minimum Gasteiger partial charge on any atom is -0.477 e. The topological polar surface area (TPSA) is 122 Å². The second-order valence-corrected chi connectivity index (χ2v) is 11.3. The lowest BCUT2D eigenvalue weighted by Crippen LogP contribution is -2.44. The molecule has 4 aromatic rings. The Bertz CT molecular complexity index is 1680. The summed E-state index contributed by atoms with van der Waals surface area (Å²) in [4.78, 5) is 40.6. The molecule has 2 N–H and O–H groups in total. The Morgan fingerprint density at radius 2 is 1.93 bits per heavy atom. The number of aromatic nitrogens is 4. The zero-order valence-electron chi connectivity index (χ0n) is 23.5. The number of anilines is 1. The number of rotatable bonds is 6. The lowest BCUT2D eigenvalue weighted by Gasteiger charge is -2.34. The predicted molar refractivity (Wildman–Crippen MR) is 151 cm³/mol. The van der Waals surface area contributed by atoms with E-state index in [1.54, 1.807) is 44.4 Å². The van der Waals surface area contributed by atoms with Crippen molar-refractivity contribution in [2.75, 3.05) is 4.90 Å². The van der Waals surface area contributed by atoms with Crippen molar-refractivity contribution in [3.63, 3.8) is 0 Å². The number of carbonyl (C=O) groups excluding carboxylic acids is 2. The molecule has 1 atom stereocenters. The average molecular weight is 581 g/mol. The standard InChI is InChI=1S/C29H30ClFN6O4/c1-14(2)34-26(38)17-7-20(30)25-22(8-17)37(27(39)16(4)41-25)13-23-15(3)35-24-9-21(31)19(12-36(23)24)18-10-32-28(33-11-18)29(5,6)40/h7-12,14,16,40H,13H2,1-6H3,(H,34,38)/t16-/m1/s1. The van der Waals surface area contributed by atoms with E-state index in [4.69, 9.17) is 16.3 Å². The fourth-order valence-electron chi connectivity index (χ4n) is 4.67. The number of pyridine rings is 1. The van der Waals surface area contributed by atoms with Gasteiger partial charge in [0, 0.05) is 47.4 Å². The number of carbonyl (C=O) groups is 2. The quantitative estimate of drug-likeness (QED) is 0.342. The van der Waals surface area contributed by atoms with Crippen molar-refractivity contribution in [3.8, 4) is 16.9 Å². The molecule has 4 heterocycles. The van der Waals surface area contributed by atoms with Crippen LogP contribution in [0.25, 0.3) is 16.8 Å². The van der Waals surface area contributed by atoms with Crippen LogP contribution in [0.15, 0.2) is 36.8 Å². The summed E-state index contributed by atoms with van der Waals surface area (Å²) in [5.41, 5.74) is 1.57. The molecule has 0 aliphatic carbocycles. The molecule has 0 bridgehead atoms. The van der Waals surface area contributed by atoms with Crippen molar-refractivity contribution in [2.24, 2.45) is 0 Å². The molecular formula is C29H30ClFN6O4. The molecule has 1 aromatic carbocycles. The van der Waals surface area contributed by atoms with E-state index in [9.17, 15) is 14.7 Å². The molecule has 0 radical (unpaired) electrons. The minimum absolute atomic E-state index is 0.0529. The van der Waals surface area contributed by atoms with Gasteiger partial charge in [-0.3, -0.25) is 14.5 Å². The van der Waals surface area contributed by atoms with Crippen LogP contribution in [0.3, 0.4) is 0 Å². The number of aryl methyl sites for hydroxylation is 1. The number of ether oxygens (including phenoxy) is 1. The maximum absolute atomic E-state index is 15.2. The molecule has 214 valence electrons. The van der Waals surface area contributed by atoms with Gasteiger partial charge < -0.3 is 19.6 Å². The molecule has 10 nitrogen and oxygen atoms in total. The molecule has 1 aliphatic heterocycles. The highest BCUT2D eigenvalue weighted by Gasteiger charge is 2.35. The number of amides is 2. The van der Waals surface area contributed by atoms with E-state index in [-0.39, 0.29) is 46.4 Å². The van der Waals surface area contributed by atoms with Crippen LogP contribution in [-0.4, -0.2) is 48.4 Å².